The lowest BCUT2D eigenvalue weighted by molar-refractivity contribution is -0.125. The van der Waals surface area contributed by atoms with Crippen LogP contribution in [0.15, 0.2) is 42.5 Å². The number of amides is 2. The highest BCUT2D eigenvalue weighted by Gasteiger charge is 2.35. The van der Waals surface area contributed by atoms with Gasteiger partial charge in [0.25, 0.3) is 5.91 Å². The lowest BCUT2D eigenvalue weighted by atomic mass is 10.1. The van der Waals surface area contributed by atoms with Crippen LogP contribution in [0.1, 0.15) is 35.7 Å². The Morgan fingerprint density at radius 2 is 2.00 bits per heavy atom. The fraction of sp³-hybridized carbons (Fsp3) is 0.391. The van der Waals surface area contributed by atoms with Crippen LogP contribution in [0.2, 0.25) is 0 Å². The minimum Gasteiger partial charge on any atom is -0.489 e. The van der Waals surface area contributed by atoms with E-state index in [1.165, 1.54) is 0 Å². The Hall–Kier alpha value is -3.22. The molecule has 2 unspecified atom stereocenters. The minimum atomic E-state index is -0.478. The number of benzene rings is 2. The first-order valence-corrected chi connectivity index (χ1v) is 10.2. The molecule has 2 aromatic carbocycles. The number of ether oxygens (including phenoxy) is 3. The minimum absolute atomic E-state index is 0.151. The fourth-order valence-corrected chi connectivity index (χ4v) is 3.79. The van der Waals surface area contributed by atoms with Crippen molar-refractivity contribution >= 4 is 11.8 Å². The van der Waals surface area contributed by atoms with E-state index in [4.69, 9.17) is 14.2 Å². The van der Waals surface area contributed by atoms with Crippen molar-refractivity contribution in [2.45, 2.75) is 38.8 Å². The van der Waals surface area contributed by atoms with E-state index in [1.54, 1.807) is 23.1 Å². The van der Waals surface area contributed by atoms with Gasteiger partial charge >= 0.3 is 0 Å². The molecule has 0 spiro atoms. The third-order valence-corrected chi connectivity index (χ3v) is 5.42. The number of fused-ring (bicyclic) bond motifs is 1. The van der Waals surface area contributed by atoms with E-state index in [-0.39, 0.29) is 24.7 Å². The zero-order valence-corrected chi connectivity index (χ0v) is 17.2. The van der Waals surface area contributed by atoms with E-state index in [0.29, 0.717) is 36.6 Å². The highest BCUT2D eigenvalue weighted by Crippen LogP contribution is 2.33. The molecule has 2 aliphatic heterocycles. The van der Waals surface area contributed by atoms with Gasteiger partial charge in [-0.25, -0.2) is 0 Å². The molecule has 2 amide bonds. The lowest BCUT2D eigenvalue weighted by Gasteiger charge is -2.25. The van der Waals surface area contributed by atoms with Crippen LogP contribution < -0.4 is 19.5 Å². The summed E-state index contributed by atoms with van der Waals surface area (Å²) in [4.78, 5) is 27.4. The van der Waals surface area contributed by atoms with Gasteiger partial charge < -0.3 is 24.4 Å². The smallest absolute Gasteiger partial charge is 0.254 e. The summed E-state index contributed by atoms with van der Waals surface area (Å²) in [5.74, 6) is 1.67. The Morgan fingerprint density at radius 3 is 2.83 bits per heavy atom. The van der Waals surface area contributed by atoms with E-state index >= 15 is 0 Å². The third kappa shape index (κ3) is 4.20. The number of hydrogen-bond donors (Lipinski definition) is 1. The molecule has 1 saturated heterocycles. The molecular formula is C23H26N2O5. The van der Waals surface area contributed by atoms with E-state index in [1.807, 2.05) is 38.1 Å². The van der Waals surface area contributed by atoms with Crippen LogP contribution >= 0.6 is 0 Å². The molecule has 0 saturated carbocycles. The quantitative estimate of drug-likeness (QED) is 0.792. The standard InChI is InChI=1S/C23H26N2O5/c1-15-6-3-4-8-19(15)30-16(2)13-24-22(26)18-7-5-11-25(18)23(27)17-9-10-20-21(12-17)29-14-28-20/h3-4,6,8-10,12,16,18H,5,7,11,13-14H2,1-2H3,(H,24,26). The number of para-hydroxylation sites is 1. The highest BCUT2D eigenvalue weighted by atomic mass is 16.7. The van der Waals surface area contributed by atoms with E-state index < -0.39 is 6.04 Å². The number of aryl methyl sites for hydroxylation is 1. The maximum absolute atomic E-state index is 13.0. The predicted octanol–water partition coefficient (Wildman–Crippen LogP) is 2.91. The molecule has 0 aromatic heterocycles. The molecule has 0 aliphatic carbocycles. The first-order valence-electron chi connectivity index (χ1n) is 10.2. The summed E-state index contributed by atoms with van der Waals surface area (Å²) in [5.41, 5.74) is 1.54. The maximum atomic E-state index is 13.0. The van der Waals surface area contributed by atoms with Gasteiger partial charge in [-0.3, -0.25) is 9.59 Å². The number of carbonyl (C=O) groups is 2. The Bertz CT molecular complexity index is 945. The Labute approximate surface area is 175 Å². The molecule has 0 bridgehead atoms. The van der Waals surface area contributed by atoms with Crippen molar-refractivity contribution in [3.05, 3.63) is 53.6 Å². The Kier molecular flexibility index (Phi) is 5.79. The van der Waals surface area contributed by atoms with Crippen molar-refractivity contribution < 1.29 is 23.8 Å². The molecule has 4 rings (SSSR count). The average molecular weight is 410 g/mol. The van der Waals surface area contributed by atoms with Gasteiger partial charge in [-0.05, 0) is 56.5 Å². The third-order valence-electron chi connectivity index (χ3n) is 5.42. The van der Waals surface area contributed by atoms with Crippen molar-refractivity contribution in [1.29, 1.82) is 0 Å². The molecule has 1 fully saturated rings. The molecule has 2 heterocycles. The summed E-state index contributed by atoms with van der Waals surface area (Å²) in [7, 11) is 0. The summed E-state index contributed by atoms with van der Waals surface area (Å²) < 4.78 is 16.6. The van der Waals surface area contributed by atoms with Gasteiger partial charge in [-0.2, -0.15) is 0 Å². The summed E-state index contributed by atoms with van der Waals surface area (Å²) in [6, 6.07) is 12.4. The normalized spacial score (nSPS) is 18.2. The monoisotopic (exact) mass is 410 g/mol. The Morgan fingerprint density at radius 1 is 1.20 bits per heavy atom. The first kappa shape index (κ1) is 20.1. The molecule has 7 heteroatoms. The van der Waals surface area contributed by atoms with Gasteiger partial charge in [0.1, 0.15) is 17.9 Å². The van der Waals surface area contributed by atoms with Crippen LogP contribution in [-0.2, 0) is 4.79 Å². The zero-order chi connectivity index (χ0) is 21.1. The second kappa shape index (κ2) is 8.65. The van der Waals surface area contributed by atoms with E-state index in [0.717, 1.165) is 17.7 Å². The molecule has 7 nitrogen and oxygen atoms in total. The van der Waals surface area contributed by atoms with Gasteiger partial charge in [-0.15, -0.1) is 0 Å². The van der Waals surface area contributed by atoms with Crippen LogP contribution in [0.5, 0.6) is 17.2 Å². The summed E-state index contributed by atoms with van der Waals surface area (Å²) >= 11 is 0. The van der Waals surface area contributed by atoms with Crippen molar-refractivity contribution in [3.8, 4) is 17.2 Å². The van der Waals surface area contributed by atoms with Gasteiger partial charge in [0.2, 0.25) is 12.7 Å². The molecule has 2 aromatic rings. The van der Waals surface area contributed by atoms with Crippen LogP contribution in [0.3, 0.4) is 0 Å². The summed E-state index contributed by atoms with van der Waals surface area (Å²) in [6.45, 7) is 4.98. The van der Waals surface area contributed by atoms with Crippen molar-refractivity contribution in [3.63, 3.8) is 0 Å². The van der Waals surface area contributed by atoms with Crippen LogP contribution in [0, 0.1) is 6.92 Å². The number of carbonyl (C=O) groups excluding carboxylic acids is 2. The van der Waals surface area contributed by atoms with Crippen LogP contribution in [0.4, 0.5) is 0 Å². The summed E-state index contributed by atoms with van der Waals surface area (Å²) in [6.07, 6.45) is 1.26. The Balaban J connectivity index is 1.35. The zero-order valence-electron chi connectivity index (χ0n) is 17.2. The molecule has 30 heavy (non-hydrogen) atoms. The number of hydrogen-bond acceptors (Lipinski definition) is 5. The highest BCUT2D eigenvalue weighted by molar-refractivity contribution is 5.98. The fourth-order valence-electron chi connectivity index (χ4n) is 3.79. The number of nitrogens with one attached hydrogen (secondary N) is 1. The van der Waals surface area contributed by atoms with Gasteiger partial charge in [0.15, 0.2) is 11.5 Å². The van der Waals surface area contributed by atoms with Crippen molar-refractivity contribution in [1.82, 2.24) is 10.2 Å². The van der Waals surface area contributed by atoms with E-state index in [2.05, 4.69) is 5.32 Å². The van der Waals surface area contributed by atoms with Gasteiger partial charge in [0.05, 0.1) is 6.54 Å². The SMILES string of the molecule is Cc1ccccc1OC(C)CNC(=O)C1CCCN1C(=O)c1ccc2c(c1)OCO2. The second-order valence-electron chi connectivity index (χ2n) is 7.66. The molecule has 158 valence electrons. The van der Waals surface area contributed by atoms with Crippen LogP contribution in [0.25, 0.3) is 0 Å². The van der Waals surface area contributed by atoms with Gasteiger partial charge in [-0.1, -0.05) is 18.2 Å². The molecule has 2 aliphatic rings. The van der Waals surface area contributed by atoms with Crippen molar-refractivity contribution in [2.24, 2.45) is 0 Å². The number of rotatable bonds is 6. The predicted molar refractivity (Wildman–Crippen MR) is 111 cm³/mol. The van der Waals surface area contributed by atoms with Crippen LogP contribution in [-0.4, -0.2) is 48.7 Å². The molecule has 2 atom stereocenters. The molecular weight excluding hydrogens is 384 g/mol. The largest absolute Gasteiger partial charge is 0.489 e. The maximum Gasteiger partial charge on any atom is 0.254 e. The summed E-state index contributed by atoms with van der Waals surface area (Å²) in [5, 5.41) is 2.94. The van der Waals surface area contributed by atoms with E-state index in [9.17, 15) is 9.59 Å². The lowest BCUT2D eigenvalue weighted by Crippen LogP contribution is -2.47. The number of nitrogens with zero attached hydrogens (tertiary/aromatic N) is 1. The first-order chi connectivity index (χ1) is 14.5. The average Bonchev–Trinajstić information content (AvgIpc) is 3.42. The molecule has 1 N–H and O–H groups in total. The second-order valence-corrected chi connectivity index (χ2v) is 7.66. The van der Waals surface area contributed by atoms with Gasteiger partial charge in [0, 0.05) is 12.1 Å². The topological polar surface area (TPSA) is 77.1 Å². The van der Waals surface area contributed by atoms with Crippen molar-refractivity contribution in [2.75, 3.05) is 19.9 Å². The number of likely N-dealkylation sites (tertiary alicyclic amines) is 1. The molecule has 0 radical (unpaired) electrons.